The zero-order valence-corrected chi connectivity index (χ0v) is 22.0. The predicted octanol–water partition coefficient (Wildman–Crippen LogP) is 5.31. The summed E-state index contributed by atoms with van der Waals surface area (Å²) in [5.74, 6) is 0.350. The van der Waals surface area contributed by atoms with Crippen LogP contribution in [0.3, 0.4) is 0 Å². The van der Waals surface area contributed by atoms with Crippen molar-refractivity contribution in [3.8, 4) is 0 Å². The maximum absolute atomic E-state index is 13.8. The molecule has 2 heterocycles. The van der Waals surface area contributed by atoms with Crippen LogP contribution in [0, 0.1) is 6.92 Å². The second-order valence-electron chi connectivity index (χ2n) is 7.88. The molecule has 1 saturated heterocycles. The molecule has 3 aromatic rings. The maximum Gasteiger partial charge on any atom is 0.264 e. The lowest BCUT2D eigenvalue weighted by molar-refractivity contribution is -0.118. The van der Waals surface area contributed by atoms with Crippen LogP contribution in [0.4, 0.5) is 5.69 Å². The summed E-state index contributed by atoms with van der Waals surface area (Å²) in [5, 5.41) is 0.989. The number of hydrogen-bond donors (Lipinski definition) is 0. The van der Waals surface area contributed by atoms with Gasteiger partial charge in [0, 0.05) is 31.6 Å². The van der Waals surface area contributed by atoms with E-state index in [0.717, 1.165) is 34.1 Å². The van der Waals surface area contributed by atoms with Crippen LogP contribution in [0.2, 0.25) is 0 Å². The highest BCUT2D eigenvalue weighted by Crippen LogP contribution is 2.34. The van der Waals surface area contributed by atoms with Crippen LogP contribution < -0.4 is 10.5 Å². The molecule has 1 aliphatic heterocycles. The normalized spacial score (nSPS) is 12.7. The van der Waals surface area contributed by atoms with Crippen LogP contribution in [-0.2, 0) is 16.1 Å². The predicted molar refractivity (Wildman–Crippen MR) is 147 cm³/mol. The van der Waals surface area contributed by atoms with Gasteiger partial charge in [-0.1, -0.05) is 76.2 Å². The fourth-order valence-electron chi connectivity index (χ4n) is 4.21. The summed E-state index contributed by atoms with van der Waals surface area (Å²) in [5.41, 5.74) is 4.23. The number of pyridine rings is 1. The molecule has 0 spiro atoms. The molecule has 4 rings (SSSR count). The first kappa shape index (κ1) is 27.7. The molecule has 0 atom stereocenters. The van der Waals surface area contributed by atoms with Gasteiger partial charge in [-0.05, 0) is 24.6 Å². The minimum atomic E-state index is -0.125. The van der Waals surface area contributed by atoms with E-state index in [-0.39, 0.29) is 5.56 Å². The van der Waals surface area contributed by atoms with E-state index in [1.807, 2.05) is 77.1 Å². The average molecular weight is 478 g/mol. The van der Waals surface area contributed by atoms with Gasteiger partial charge in [-0.15, -0.1) is 0 Å². The second kappa shape index (κ2) is 13.4. The highest BCUT2D eigenvalue weighted by atomic mass is 16.5. The Bertz CT molecular complexity index is 1180. The van der Waals surface area contributed by atoms with Gasteiger partial charge in [0.1, 0.15) is 11.3 Å². The number of anilines is 1. The van der Waals surface area contributed by atoms with Crippen LogP contribution in [0.25, 0.3) is 16.7 Å². The maximum atomic E-state index is 13.8. The zero-order valence-electron chi connectivity index (χ0n) is 22.0. The molecule has 2 aromatic carbocycles. The number of fused-ring (bicyclic) bond motifs is 1. The Morgan fingerprint density at radius 1 is 1.00 bits per heavy atom. The molecule has 0 saturated carbocycles. The van der Waals surface area contributed by atoms with Crippen molar-refractivity contribution in [2.45, 2.75) is 41.2 Å². The third-order valence-electron chi connectivity index (χ3n) is 5.88. The summed E-state index contributed by atoms with van der Waals surface area (Å²) in [4.78, 5) is 28.9. The van der Waals surface area contributed by atoms with Crippen molar-refractivity contribution in [3.05, 3.63) is 82.2 Å². The number of aryl methyl sites for hydroxylation is 1. The first-order valence-corrected chi connectivity index (χ1v) is 12.4. The van der Waals surface area contributed by atoms with Crippen molar-refractivity contribution >= 4 is 28.8 Å². The smallest absolute Gasteiger partial charge is 0.264 e. The molecular weight excluding hydrogens is 438 g/mol. The third-order valence-corrected chi connectivity index (χ3v) is 5.88. The molecule has 188 valence electrons. The number of amides is 1. The second-order valence-corrected chi connectivity index (χ2v) is 7.88. The van der Waals surface area contributed by atoms with Gasteiger partial charge in [-0.25, -0.2) is 0 Å². The number of carbonyl (C=O) groups excluding carboxylic acids is 1. The number of benzene rings is 2. The molecule has 0 N–H and O–H groups in total. The minimum absolute atomic E-state index is 0.125. The van der Waals surface area contributed by atoms with Gasteiger partial charge in [-0.3, -0.25) is 9.59 Å². The summed E-state index contributed by atoms with van der Waals surface area (Å²) in [6, 6.07) is 16.1. The van der Waals surface area contributed by atoms with E-state index >= 15 is 0 Å². The summed E-state index contributed by atoms with van der Waals surface area (Å²) in [6.07, 6.45) is 0.881. The van der Waals surface area contributed by atoms with Crippen molar-refractivity contribution in [2.24, 2.45) is 0 Å². The Morgan fingerprint density at radius 3 is 2.20 bits per heavy atom. The van der Waals surface area contributed by atoms with Crippen LogP contribution in [-0.4, -0.2) is 49.2 Å². The molecule has 1 amide bonds. The Labute approximate surface area is 209 Å². The van der Waals surface area contributed by atoms with Gasteiger partial charge in [-0.2, -0.15) is 0 Å². The average Bonchev–Trinajstić information content (AvgIpc) is 2.92. The van der Waals surface area contributed by atoms with Gasteiger partial charge in [0.15, 0.2) is 0 Å². The number of ether oxygens (including phenoxy) is 1. The molecule has 1 fully saturated rings. The fraction of sp³-hybridized carbons (Fsp3) is 0.379. The summed E-state index contributed by atoms with van der Waals surface area (Å²) in [6.45, 7) is 17.1. The largest absolute Gasteiger partial charge is 0.496 e. The molecule has 0 radical (unpaired) electrons. The number of rotatable bonds is 6. The third kappa shape index (κ3) is 6.13. The number of piperazine rings is 1. The van der Waals surface area contributed by atoms with Crippen LogP contribution in [0.15, 0.2) is 59.9 Å². The standard InChI is InChI=1S/C25H27N3O3.2C2H6/c1-18-9-10-22-21(15-18)24(27-13-11-26(17-29)12-14-27)23(19(2)31-3)25(30)28(22)16-20-7-5-4-6-8-20;2*1-2/h4-10,15,17H,2,11-14,16H2,1,3H3;2*1-2H3. The van der Waals surface area contributed by atoms with Crippen molar-refractivity contribution in [1.29, 1.82) is 0 Å². The lowest BCUT2D eigenvalue weighted by Gasteiger charge is -2.36. The number of hydrogen-bond acceptors (Lipinski definition) is 4. The number of aromatic nitrogens is 1. The van der Waals surface area contributed by atoms with Crippen molar-refractivity contribution in [3.63, 3.8) is 0 Å². The molecule has 1 aliphatic rings. The summed E-state index contributed by atoms with van der Waals surface area (Å²) in [7, 11) is 1.54. The van der Waals surface area contributed by atoms with E-state index in [2.05, 4.69) is 17.5 Å². The zero-order chi connectivity index (χ0) is 26.0. The molecule has 1 aromatic heterocycles. The van der Waals surface area contributed by atoms with E-state index in [4.69, 9.17) is 4.74 Å². The summed E-state index contributed by atoms with van der Waals surface area (Å²) >= 11 is 0. The van der Waals surface area contributed by atoms with E-state index in [0.29, 0.717) is 44.0 Å². The SMILES string of the molecule is C=C(OC)c1c(N2CCN(C=O)CC2)c2cc(C)ccc2n(Cc2ccccc2)c1=O.CC.CC. The highest BCUT2D eigenvalue weighted by molar-refractivity contribution is 5.98. The van der Waals surface area contributed by atoms with Crippen LogP contribution in [0.1, 0.15) is 44.4 Å². The Balaban J connectivity index is 0.00000103. The van der Waals surface area contributed by atoms with E-state index in [1.165, 1.54) is 7.11 Å². The molecule has 35 heavy (non-hydrogen) atoms. The Hall–Kier alpha value is -3.54. The van der Waals surface area contributed by atoms with Gasteiger partial charge in [0.25, 0.3) is 5.56 Å². The molecule has 0 unspecified atom stereocenters. The van der Waals surface area contributed by atoms with Gasteiger partial charge >= 0.3 is 0 Å². The number of carbonyl (C=O) groups is 1. The number of methoxy groups -OCH3 is 1. The monoisotopic (exact) mass is 477 g/mol. The first-order chi connectivity index (χ1) is 17.0. The fourth-order valence-corrected chi connectivity index (χ4v) is 4.21. The van der Waals surface area contributed by atoms with Crippen molar-refractivity contribution in [1.82, 2.24) is 9.47 Å². The Kier molecular flexibility index (Phi) is 10.6. The number of nitrogens with zero attached hydrogens (tertiary/aromatic N) is 3. The van der Waals surface area contributed by atoms with Gasteiger partial charge < -0.3 is 19.1 Å². The topological polar surface area (TPSA) is 54.8 Å². The van der Waals surface area contributed by atoms with Gasteiger partial charge in [0.05, 0.1) is 24.9 Å². The van der Waals surface area contributed by atoms with Gasteiger partial charge in [0.2, 0.25) is 6.41 Å². The van der Waals surface area contributed by atoms with E-state index in [9.17, 15) is 9.59 Å². The van der Waals surface area contributed by atoms with E-state index < -0.39 is 0 Å². The first-order valence-electron chi connectivity index (χ1n) is 12.4. The quantitative estimate of drug-likeness (QED) is 0.357. The lowest BCUT2D eigenvalue weighted by atomic mass is 10.0. The van der Waals surface area contributed by atoms with E-state index in [1.54, 1.807) is 9.47 Å². The molecule has 6 heteroatoms. The van der Waals surface area contributed by atoms with Crippen LogP contribution in [0.5, 0.6) is 0 Å². The minimum Gasteiger partial charge on any atom is -0.496 e. The highest BCUT2D eigenvalue weighted by Gasteiger charge is 2.26. The van der Waals surface area contributed by atoms with Crippen LogP contribution >= 0.6 is 0 Å². The molecule has 6 nitrogen and oxygen atoms in total. The van der Waals surface area contributed by atoms with Crippen molar-refractivity contribution < 1.29 is 9.53 Å². The summed E-state index contributed by atoms with van der Waals surface area (Å²) < 4.78 is 7.27. The lowest BCUT2D eigenvalue weighted by Crippen LogP contribution is -2.46. The molecule has 0 bridgehead atoms. The molecule has 0 aliphatic carbocycles. The molecular formula is C29H39N3O3. The Morgan fingerprint density at radius 2 is 1.63 bits per heavy atom. The van der Waals surface area contributed by atoms with Crippen molar-refractivity contribution in [2.75, 3.05) is 38.2 Å².